The van der Waals surface area contributed by atoms with E-state index in [9.17, 15) is 0 Å². The fraction of sp³-hybridized carbons (Fsp3) is 0.882. The number of allylic oxidation sites excluding steroid dienone is 1. The molecule has 0 spiro atoms. The van der Waals surface area contributed by atoms with Gasteiger partial charge >= 0.3 is 0 Å². The van der Waals surface area contributed by atoms with Crippen molar-refractivity contribution in [2.75, 3.05) is 26.2 Å². The third-order valence-corrected chi connectivity index (χ3v) is 23.8. The molecule has 0 saturated carbocycles. The molecule has 0 aromatic carbocycles. The van der Waals surface area contributed by atoms with E-state index >= 15 is 0 Å². The molecule has 0 aromatic rings. The highest BCUT2D eigenvalue weighted by Crippen LogP contribution is 2.78. The van der Waals surface area contributed by atoms with Crippen LogP contribution in [0.15, 0.2) is 11.1 Å². The Morgan fingerprint density at radius 3 is 1.39 bits per heavy atom. The minimum atomic E-state index is -1.46. The van der Waals surface area contributed by atoms with Crippen LogP contribution in [0.2, 0.25) is 39.3 Å². The lowest BCUT2D eigenvalue weighted by atomic mass is 10.3. The van der Waals surface area contributed by atoms with Gasteiger partial charge in [0.05, 0.1) is 21.6 Å². The van der Waals surface area contributed by atoms with Gasteiger partial charge in [-0.3, -0.25) is 0 Å². The quantitative estimate of drug-likeness (QED) is 0.370. The first-order valence-corrected chi connectivity index (χ1v) is 18.4. The number of hydrogen-bond acceptors (Lipinski definition) is 2. The lowest BCUT2D eigenvalue weighted by molar-refractivity contribution is 0.325. The van der Waals surface area contributed by atoms with Crippen LogP contribution in [-0.4, -0.2) is 56.5 Å². The van der Waals surface area contributed by atoms with Crippen LogP contribution in [0.25, 0.3) is 0 Å². The number of nitrogens with zero attached hydrogens (tertiary/aromatic N) is 2. The van der Waals surface area contributed by atoms with Gasteiger partial charge in [0.25, 0.3) is 0 Å². The van der Waals surface area contributed by atoms with Crippen molar-refractivity contribution >= 4 is 34.7 Å². The molecule has 0 amide bonds. The Balaban J connectivity index is 3.72. The van der Waals surface area contributed by atoms with Gasteiger partial charge in [-0.05, 0) is 27.7 Å². The molecule has 136 valence electrons. The molecule has 0 radical (unpaired) electrons. The van der Waals surface area contributed by atoms with E-state index in [0.29, 0.717) is 4.40 Å². The van der Waals surface area contributed by atoms with Gasteiger partial charge in [-0.25, -0.2) is 0 Å². The predicted molar refractivity (Wildman–Crippen MR) is 115 cm³/mol. The molecule has 6 heteroatoms. The van der Waals surface area contributed by atoms with Crippen LogP contribution in [0.4, 0.5) is 0 Å². The van der Waals surface area contributed by atoms with Crippen LogP contribution < -0.4 is 0 Å². The zero-order valence-electron chi connectivity index (χ0n) is 17.0. The van der Waals surface area contributed by atoms with E-state index < -0.39 is 23.4 Å². The Bertz CT molecular complexity index is 432. The number of halogens is 1. The van der Waals surface area contributed by atoms with Crippen LogP contribution in [0.3, 0.4) is 0 Å². The SMILES string of the molecule is CCN(CC)C1=C(N(CC)CC)C([Si](C)(C)C)([Si](C)(C)C)P1Cl. The van der Waals surface area contributed by atoms with Crippen molar-refractivity contribution in [2.24, 2.45) is 0 Å². The van der Waals surface area contributed by atoms with Crippen LogP contribution in [0, 0.1) is 0 Å². The van der Waals surface area contributed by atoms with Crippen molar-refractivity contribution in [2.45, 2.75) is 71.4 Å². The van der Waals surface area contributed by atoms with Crippen molar-refractivity contribution in [3.8, 4) is 0 Å². The summed E-state index contributed by atoms with van der Waals surface area (Å²) in [5.74, 6) is 0. The first kappa shape index (κ1) is 21.5. The van der Waals surface area contributed by atoms with Gasteiger partial charge in [0.15, 0.2) is 0 Å². The molecule has 1 aliphatic heterocycles. The van der Waals surface area contributed by atoms with Crippen LogP contribution in [0.5, 0.6) is 0 Å². The summed E-state index contributed by atoms with van der Waals surface area (Å²) in [5.41, 5.74) is 3.14. The summed E-state index contributed by atoms with van der Waals surface area (Å²) >= 11 is 7.32. The fourth-order valence-electron chi connectivity index (χ4n) is 4.59. The Morgan fingerprint density at radius 2 is 1.13 bits per heavy atom. The molecule has 1 heterocycles. The van der Waals surface area contributed by atoms with E-state index in [1.807, 2.05) is 0 Å². The topological polar surface area (TPSA) is 6.48 Å². The molecular formula is C17H38ClN2PSi2. The maximum absolute atomic E-state index is 7.32. The molecule has 0 fully saturated rings. The van der Waals surface area contributed by atoms with E-state index in [1.54, 1.807) is 5.70 Å². The first-order valence-electron chi connectivity index (χ1n) is 9.16. The molecule has 0 aromatic heterocycles. The monoisotopic (exact) mass is 392 g/mol. The summed E-state index contributed by atoms with van der Waals surface area (Å²) in [6.07, 6.45) is 0. The minimum absolute atomic E-state index is 0.320. The predicted octanol–water partition coefficient (Wildman–Crippen LogP) is 5.98. The summed E-state index contributed by atoms with van der Waals surface area (Å²) in [6.45, 7) is 28.7. The molecular weight excluding hydrogens is 355 g/mol. The zero-order chi connectivity index (χ0) is 18.2. The van der Waals surface area contributed by atoms with Crippen LogP contribution in [0.1, 0.15) is 27.7 Å². The van der Waals surface area contributed by atoms with Gasteiger partial charge in [-0.15, -0.1) is 0 Å². The standard InChI is InChI=1S/C17H38ClN2PSi2/c1-11-19(12-2)15-16(20(13-3)14-4)21(18)17(15,22(5,6)7)23(8,9)10/h11-14H2,1-10H3. The van der Waals surface area contributed by atoms with Crippen molar-refractivity contribution in [1.82, 2.24) is 9.80 Å². The van der Waals surface area contributed by atoms with Gasteiger partial charge in [-0.1, -0.05) is 50.5 Å². The molecule has 1 aliphatic rings. The second kappa shape index (κ2) is 7.39. The van der Waals surface area contributed by atoms with E-state index in [-0.39, 0.29) is 0 Å². The van der Waals surface area contributed by atoms with Gasteiger partial charge < -0.3 is 9.80 Å². The Kier molecular flexibility index (Phi) is 6.92. The average molecular weight is 393 g/mol. The largest absolute Gasteiger partial charge is 0.373 e. The summed E-state index contributed by atoms with van der Waals surface area (Å²) in [4.78, 5) is 5.16. The lowest BCUT2D eigenvalue weighted by Crippen LogP contribution is -2.72. The average Bonchev–Trinajstić information content (AvgIpc) is 2.41. The number of hydrogen-bond donors (Lipinski definition) is 0. The third-order valence-electron chi connectivity index (χ3n) is 5.35. The summed E-state index contributed by atoms with van der Waals surface area (Å²) in [5, 5.41) is 0. The van der Waals surface area contributed by atoms with Crippen molar-refractivity contribution in [3.63, 3.8) is 0 Å². The summed E-state index contributed by atoms with van der Waals surface area (Å²) < 4.78 is 0.320. The fourth-order valence-corrected chi connectivity index (χ4v) is 28.1. The highest BCUT2D eigenvalue weighted by Gasteiger charge is 2.68. The van der Waals surface area contributed by atoms with Crippen LogP contribution >= 0.6 is 18.5 Å². The highest BCUT2D eigenvalue weighted by atomic mass is 35.7. The van der Waals surface area contributed by atoms with Crippen molar-refractivity contribution in [3.05, 3.63) is 11.1 Å². The van der Waals surface area contributed by atoms with Gasteiger partial charge in [-0.2, -0.15) is 0 Å². The van der Waals surface area contributed by atoms with Crippen molar-refractivity contribution < 1.29 is 0 Å². The molecule has 0 saturated heterocycles. The Hall–Kier alpha value is 0.494. The van der Waals surface area contributed by atoms with Gasteiger partial charge in [0, 0.05) is 43.6 Å². The smallest absolute Gasteiger partial charge is 0.0729 e. The maximum Gasteiger partial charge on any atom is 0.0729 e. The summed E-state index contributed by atoms with van der Waals surface area (Å²) in [7, 11) is -3.50. The first-order chi connectivity index (χ1) is 10.4. The molecule has 23 heavy (non-hydrogen) atoms. The molecule has 1 atom stereocenters. The van der Waals surface area contributed by atoms with E-state index in [0.717, 1.165) is 26.2 Å². The Labute approximate surface area is 153 Å². The van der Waals surface area contributed by atoms with Gasteiger partial charge in [0.2, 0.25) is 0 Å². The second-order valence-corrected chi connectivity index (χ2v) is 23.0. The molecule has 0 bridgehead atoms. The van der Waals surface area contributed by atoms with Gasteiger partial charge in [0.1, 0.15) is 0 Å². The molecule has 0 aliphatic carbocycles. The van der Waals surface area contributed by atoms with E-state index in [4.69, 9.17) is 11.2 Å². The molecule has 1 rings (SSSR count). The lowest BCUT2D eigenvalue weighted by Gasteiger charge is -2.65. The second-order valence-electron chi connectivity index (χ2n) is 8.51. The molecule has 2 nitrogen and oxygen atoms in total. The maximum atomic E-state index is 7.32. The summed E-state index contributed by atoms with van der Waals surface area (Å²) in [6, 6.07) is 0. The molecule has 1 unspecified atom stereocenters. The Morgan fingerprint density at radius 1 is 0.783 bits per heavy atom. The highest BCUT2D eigenvalue weighted by molar-refractivity contribution is 7.94. The minimum Gasteiger partial charge on any atom is -0.373 e. The zero-order valence-corrected chi connectivity index (χ0v) is 20.7. The normalized spacial score (nSPS) is 21.3. The third kappa shape index (κ3) is 3.18. The van der Waals surface area contributed by atoms with E-state index in [1.165, 1.54) is 5.44 Å². The van der Waals surface area contributed by atoms with Crippen molar-refractivity contribution in [1.29, 1.82) is 0 Å². The molecule has 0 N–H and O–H groups in total. The number of rotatable bonds is 8. The van der Waals surface area contributed by atoms with Crippen LogP contribution in [-0.2, 0) is 0 Å². The van der Waals surface area contributed by atoms with E-state index in [2.05, 4.69) is 76.8 Å².